The zero-order chi connectivity index (χ0) is 20.0. The Morgan fingerprint density at radius 2 is 1.83 bits per heavy atom. The van der Waals surface area contributed by atoms with Crippen LogP contribution in [0.4, 0.5) is 5.69 Å². The van der Waals surface area contributed by atoms with Gasteiger partial charge in [0.05, 0.1) is 10.6 Å². The fraction of sp³-hybridized carbons (Fsp3) is 0.0476. The smallest absolute Gasteiger partial charge is 0.255 e. The highest BCUT2D eigenvalue weighted by atomic mass is 35.5. The van der Waals surface area contributed by atoms with Gasteiger partial charge in [0.15, 0.2) is 17.1 Å². The van der Waals surface area contributed by atoms with Crippen LogP contribution in [0.3, 0.4) is 0 Å². The van der Waals surface area contributed by atoms with Crippen LogP contribution in [0.15, 0.2) is 59.0 Å². The molecule has 1 N–H and O–H groups in total. The molecule has 1 amide bonds. The zero-order valence-corrected chi connectivity index (χ0v) is 16.3. The monoisotopic (exact) mass is 426 g/mol. The van der Waals surface area contributed by atoms with Crippen LogP contribution < -0.4 is 14.8 Å². The van der Waals surface area contributed by atoms with E-state index in [9.17, 15) is 4.79 Å². The second kappa shape index (κ2) is 6.99. The van der Waals surface area contributed by atoms with Gasteiger partial charge in [-0.2, -0.15) is 0 Å². The number of carbonyl (C=O) groups is 1. The summed E-state index contributed by atoms with van der Waals surface area (Å²) in [5, 5.41) is 3.86. The average molecular weight is 427 g/mol. The van der Waals surface area contributed by atoms with E-state index in [1.54, 1.807) is 54.6 Å². The van der Waals surface area contributed by atoms with Crippen LogP contribution >= 0.6 is 23.2 Å². The lowest BCUT2D eigenvalue weighted by atomic mass is 10.1. The Morgan fingerprint density at radius 1 is 0.966 bits per heavy atom. The third-order valence-corrected chi connectivity index (χ3v) is 5.00. The summed E-state index contributed by atoms with van der Waals surface area (Å²) in [5.41, 5.74) is 2.77. The van der Waals surface area contributed by atoms with Crippen molar-refractivity contribution in [3.63, 3.8) is 0 Å². The third kappa shape index (κ3) is 3.37. The number of nitrogens with zero attached hydrogens (tertiary/aromatic N) is 1. The molecule has 0 radical (unpaired) electrons. The number of anilines is 1. The minimum Gasteiger partial charge on any atom is -0.454 e. The average Bonchev–Trinajstić information content (AvgIpc) is 3.34. The summed E-state index contributed by atoms with van der Waals surface area (Å²) in [5.74, 6) is 1.21. The normalized spacial score (nSPS) is 12.3. The van der Waals surface area contributed by atoms with Gasteiger partial charge in [0.25, 0.3) is 5.91 Å². The van der Waals surface area contributed by atoms with Gasteiger partial charge >= 0.3 is 0 Å². The second-order valence-electron chi connectivity index (χ2n) is 6.35. The number of oxazole rings is 1. The molecular weight excluding hydrogens is 415 g/mol. The number of hydrogen-bond acceptors (Lipinski definition) is 5. The Kier molecular flexibility index (Phi) is 4.30. The molecule has 3 aromatic carbocycles. The molecule has 29 heavy (non-hydrogen) atoms. The first-order valence-corrected chi connectivity index (χ1v) is 9.39. The first-order valence-electron chi connectivity index (χ1n) is 8.64. The van der Waals surface area contributed by atoms with Crippen LogP contribution in [0.2, 0.25) is 10.0 Å². The second-order valence-corrected chi connectivity index (χ2v) is 7.19. The molecule has 0 fully saturated rings. The van der Waals surface area contributed by atoms with Gasteiger partial charge in [-0.15, -0.1) is 0 Å². The molecule has 6 nitrogen and oxygen atoms in total. The lowest BCUT2D eigenvalue weighted by Gasteiger charge is -2.08. The fourth-order valence-electron chi connectivity index (χ4n) is 3.02. The molecule has 1 aliphatic heterocycles. The van der Waals surface area contributed by atoms with Gasteiger partial charge in [0.1, 0.15) is 5.52 Å². The summed E-state index contributed by atoms with van der Waals surface area (Å²) in [4.78, 5) is 17.1. The SMILES string of the molecule is O=C(Nc1ccc(Cl)c(-c2nc3cc(Cl)ccc3o2)c1)c1ccc2c(c1)OCO2. The molecule has 4 aromatic rings. The predicted molar refractivity (Wildman–Crippen MR) is 110 cm³/mol. The van der Waals surface area contributed by atoms with Crippen molar-refractivity contribution in [1.29, 1.82) is 0 Å². The van der Waals surface area contributed by atoms with Crippen LogP contribution in [-0.4, -0.2) is 17.7 Å². The van der Waals surface area contributed by atoms with Crippen LogP contribution in [0.25, 0.3) is 22.6 Å². The lowest BCUT2D eigenvalue weighted by molar-refractivity contribution is 0.102. The maximum absolute atomic E-state index is 12.6. The van der Waals surface area contributed by atoms with Crippen molar-refractivity contribution in [1.82, 2.24) is 4.98 Å². The maximum Gasteiger partial charge on any atom is 0.255 e. The van der Waals surface area contributed by atoms with Crippen LogP contribution in [0.1, 0.15) is 10.4 Å². The Balaban J connectivity index is 1.45. The lowest BCUT2D eigenvalue weighted by Crippen LogP contribution is -2.11. The highest BCUT2D eigenvalue weighted by Crippen LogP contribution is 2.34. The highest BCUT2D eigenvalue weighted by Gasteiger charge is 2.17. The highest BCUT2D eigenvalue weighted by molar-refractivity contribution is 6.33. The van der Waals surface area contributed by atoms with Crippen molar-refractivity contribution in [2.24, 2.45) is 0 Å². The van der Waals surface area contributed by atoms with Gasteiger partial charge < -0.3 is 19.2 Å². The Labute approximate surface area is 175 Å². The van der Waals surface area contributed by atoms with Gasteiger partial charge in [0.2, 0.25) is 12.7 Å². The van der Waals surface area contributed by atoms with E-state index in [1.165, 1.54) is 0 Å². The van der Waals surface area contributed by atoms with Gasteiger partial charge in [0, 0.05) is 16.3 Å². The molecule has 0 aliphatic carbocycles. The molecule has 2 heterocycles. The number of hydrogen-bond donors (Lipinski definition) is 1. The minimum atomic E-state index is -0.291. The van der Waals surface area contributed by atoms with Crippen molar-refractivity contribution in [3.8, 4) is 23.0 Å². The first kappa shape index (κ1) is 17.8. The molecule has 5 rings (SSSR count). The van der Waals surface area contributed by atoms with Crippen molar-refractivity contribution in [3.05, 3.63) is 70.2 Å². The van der Waals surface area contributed by atoms with Gasteiger partial charge in [-0.1, -0.05) is 23.2 Å². The van der Waals surface area contributed by atoms with Crippen LogP contribution in [0.5, 0.6) is 11.5 Å². The van der Waals surface area contributed by atoms with E-state index in [-0.39, 0.29) is 12.7 Å². The standard InChI is InChI=1S/C21H12Cl2N2O4/c22-12-2-6-17-16(8-12)25-21(29-17)14-9-13(3-4-15(14)23)24-20(26)11-1-5-18-19(7-11)28-10-27-18/h1-9H,10H2,(H,24,26). The first-order chi connectivity index (χ1) is 14.1. The molecule has 0 unspecified atom stereocenters. The van der Waals surface area contributed by atoms with E-state index in [2.05, 4.69) is 10.3 Å². The van der Waals surface area contributed by atoms with E-state index >= 15 is 0 Å². The fourth-order valence-corrected chi connectivity index (χ4v) is 3.39. The van der Waals surface area contributed by atoms with Crippen molar-refractivity contribution in [2.45, 2.75) is 0 Å². The number of amides is 1. The zero-order valence-electron chi connectivity index (χ0n) is 14.7. The minimum absolute atomic E-state index is 0.149. The quantitative estimate of drug-likeness (QED) is 0.449. The number of nitrogens with one attached hydrogen (secondary N) is 1. The number of rotatable bonds is 3. The van der Waals surface area contributed by atoms with Gasteiger partial charge in [-0.25, -0.2) is 4.98 Å². The summed E-state index contributed by atoms with van der Waals surface area (Å²) in [6, 6.07) is 15.3. The summed E-state index contributed by atoms with van der Waals surface area (Å²) in [6.45, 7) is 0.149. The Bertz CT molecular complexity index is 1270. The number of aromatic nitrogens is 1. The van der Waals surface area contributed by atoms with E-state index in [0.29, 0.717) is 55.3 Å². The molecular formula is C21H12Cl2N2O4. The van der Waals surface area contributed by atoms with Gasteiger partial charge in [-0.05, 0) is 54.6 Å². The molecule has 8 heteroatoms. The summed E-state index contributed by atoms with van der Waals surface area (Å²) < 4.78 is 16.4. The molecule has 0 atom stereocenters. The summed E-state index contributed by atoms with van der Waals surface area (Å²) in [6.07, 6.45) is 0. The van der Waals surface area contributed by atoms with Crippen molar-refractivity contribution >= 4 is 45.9 Å². The number of benzene rings is 3. The molecule has 0 saturated heterocycles. The molecule has 0 saturated carbocycles. The van der Waals surface area contributed by atoms with Crippen molar-refractivity contribution < 1.29 is 18.7 Å². The van der Waals surface area contributed by atoms with E-state index in [4.69, 9.17) is 37.1 Å². The van der Waals surface area contributed by atoms with E-state index < -0.39 is 0 Å². The molecule has 1 aliphatic rings. The topological polar surface area (TPSA) is 73.6 Å². The number of carbonyl (C=O) groups excluding carboxylic acids is 1. The maximum atomic E-state index is 12.6. The summed E-state index contributed by atoms with van der Waals surface area (Å²) >= 11 is 12.3. The molecule has 0 bridgehead atoms. The molecule has 144 valence electrons. The van der Waals surface area contributed by atoms with E-state index in [0.717, 1.165) is 0 Å². The van der Waals surface area contributed by atoms with E-state index in [1.807, 2.05) is 0 Å². The van der Waals surface area contributed by atoms with Crippen LogP contribution in [-0.2, 0) is 0 Å². The Hall–Kier alpha value is -3.22. The molecule has 1 aromatic heterocycles. The number of fused-ring (bicyclic) bond motifs is 2. The summed E-state index contributed by atoms with van der Waals surface area (Å²) in [7, 11) is 0. The van der Waals surface area contributed by atoms with Crippen LogP contribution in [0, 0.1) is 0 Å². The molecule has 0 spiro atoms. The predicted octanol–water partition coefficient (Wildman–Crippen LogP) is 5.78. The number of ether oxygens (including phenoxy) is 2. The van der Waals surface area contributed by atoms with Crippen molar-refractivity contribution in [2.75, 3.05) is 12.1 Å². The largest absolute Gasteiger partial charge is 0.454 e. The third-order valence-electron chi connectivity index (χ3n) is 4.44. The number of halogens is 2. The Morgan fingerprint density at radius 3 is 2.72 bits per heavy atom. The van der Waals surface area contributed by atoms with Gasteiger partial charge in [-0.3, -0.25) is 4.79 Å².